The van der Waals surface area contributed by atoms with Gasteiger partial charge in [0.25, 0.3) is 0 Å². The molecule has 0 aromatic carbocycles. The van der Waals surface area contributed by atoms with Gasteiger partial charge >= 0.3 is 5.97 Å². The second kappa shape index (κ2) is 10.1. The van der Waals surface area contributed by atoms with Gasteiger partial charge in [-0.25, -0.2) is 0 Å². The molecule has 0 amide bonds. The lowest BCUT2D eigenvalue weighted by Gasteiger charge is -2.33. The largest absolute Gasteiger partial charge is 0.466 e. The molecule has 1 rings (SSSR count). The van der Waals surface area contributed by atoms with E-state index < -0.39 is 6.10 Å². The fourth-order valence-electron chi connectivity index (χ4n) is 2.65. The summed E-state index contributed by atoms with van der Waals surface area (Å²) in [4.78, 5) is 13.7. The summed E-state index contributed by atoms with van der Waals surface area (Å²) in [5.41, 5.74) is 0. The third kappa shape index (κ3) is 7.22. The topological polar surface area (TPSA) is 61.8 Å². The van der Waals surface area contributed by atoms with Crippen molar-refractivity contribution < 1.29 is 14.6 Å². The third-order valence-electron chi connectivity index (χ3n) is 3.83. The number of carbonyl (C=O) groups excluding carboxylic acids is 1. The van der Waals surface area contributed by atoms with E-state index in [-0.39, 0.29) is 12.4 Å². The number of likely N-dealkylation sites (tertiary alicyclic amines) is 1. The molecule has 1 aliphatic rings. The van der Waals surface area contributed by atoms with Crippen LogP contribution in [0.25, 0.3) is 0 Å². The van der Waals surface area contributed by atoms with E-state index in [9.17, 15) is 9.90 Å². The molecule has 0 aromatic rings. The molecule has 118 valence electrons. The molecule has 5 nitrogen and oxygen atoms in total. The lowest BCUT2D eigenvalue weighted by molar-refractivity contribution is -0.145. The Balaban J connectivity index is 1.99. The third-order valence-corrected chi connectivity index (χ3v) is 3.83. The first-order valence-corrected chi connectivity index (χ1v) is 7.92. The van der Waals surface area contributed by atoms with Gasteiger partial charge in [0.15, 0.2) is 0 Å². The van der Waals surface area contributed by atoms with Gasteiger partial charge in [-0.1, -0.05) is 6.42 Å². The van der Waals surface area contributed by atoms with E-state index in [2.05, 4.69) is 17.1 Å². The van der Waals surface area contributed by atoms with Crippen LogP contribution >= 0.6 is 0 Å². The van der Waals surface area contributed by atoms with E-state index in [0.29, 0.717) is 19.2 Å². The number of carbonyl (C=O) groups is 1. The molecule has 5 heteroatoms. The highest BCUT2D eigenvalue weighted by Crippen LogP contribution is 2.15. The molecule has 20 heavy (non-hydrogen) atoms. The van der Waals surface area contributed by atoms with Gasteiger partial charge in [-0.15, -0.1) is 0 Å². The molecule has 0 radical (unpaired) electrons. The number of piperidine rings is 1. The minimum absolute atomic E-state index is 0.0734. The van der Waals surface area contributed by atoms with E-state index in [1.54, 1.807) is 6.92 Å². The van der Waals surface area contributed by atoms with Gasteiger partial charge in [0.05, 0.1) is 19.1 Å². The predicted molar refractivity (Wildman–Crippen MR) is 79.6 cm³/mol. The molecule has 2 atom stereocenters. The van der Waals surface area contributed by atoms with Crippen molar-refractivity contribution in [2.45, 2.75) is 58.1 Å². The van der Waals surface area contributed by atoms with E-state index >= 15 is 0 Å². The number of hydrogen-bond donors (Lipinski definition) is 2. The zero-order chi connectivity index (χ0) is 14.8. The molecular weight excluding hydrogens is 256 g/mol. The highest BCUT2D eigenvalue weighted by Gasteiger charge is 2.17. The first-order valence-electron chi connectivity index (χ1n) is 7.92. The van der Waals surface area contributed by atoms with Crippen LogP contribution in [0.4, 0.5) is 0 Å². The van der Waals surface area contributed by atoms with Gasteiger partial charge in [0.1, 0.15) is 0 Å². The fraction of sp³-hybridized carbons (Fsp3) is 0.933. The molecule has 2 unspecified atom stereocenters. The number of esters is 1. The normalized spacial score (nSPS) is 21.6. The van der Waals surface area contributed by atoms with Crippen molar-refractivity contribution in [1.29, 1.82) is 0 Å². The van der Waals surface area contributed by atoms with Crippen LogP contribution in [0.2, 0.25) is 0 Å². The average molecular weight is 286 g/mol. The Kier molecular flexibility index (Phi) is 8.82. The SMILES string of the molecule is CCOC(=O)CC(O)CNCCCN1CCCCC1C. The van der Waals surface area contributed by atoms with Gasteiger partial charge < -0.3 is 20.1 Å². The minimum atomic E-state index is -0.650. The summed E-state index contributed by atoms with van der Waals surface area (Å²) in [5, 5.41) is 12.9. The first-order chi connectivity index (χ1) is 9.63. The molecule has 1 aliphatic heterocycles. The zero-order valence-electron chi connectivity index (χ0n) is 12.9. The maximum atomic E-state index is 11.2. The van der Waals surface area contributed by atoms with E-state index in [1.807, 2.05) is 0 Å². The van der Waals surface area contributed by atoms with Crippen LogP contribution in [0.15, 0.2) is 0 Å². The van der Waals surface area contributed by atoms with Crippen molar-refractivity contribution in [3.63, 3.8) is 0 Å². The molecule has 0 saturated carbocycles. The van der Waals surface area contributed by atoms with Gasteiger partial charge in [-0.05, 0) is 52.7 Å². The Labute approximate surface area is 122 Å². The Bertz CT molecular complexity index is 274. The summed E-state index contributed by atoms with van der Waals surface area (Å²) in [6.45, 7) is 8.10. The second-order valence-electron chi connectivity index (χ2n) is 5.60. The summed E-state index contributed by atoms with van der Waals surface area (Å²) in [6, 6.07) is 0.707. The highest BCUT2D eigenvalue weighted by atomic mass is 16.5. The molecule has 0 aliphatic carbocycles. The van der Waals surface area contributed by atoms with Crippen LogP contribution < -0.4 is 5.32 Å². The molecule has 1 fully saturated rings. The Morgan fingerprint density at radius 2 is 2.30 bits per heavy atom. The number of nitrogens with one attached hydrogen (secondary N) is 1. The summed E-state index contributed by atoms with van der Waals surface area (Å²) >= 11 is 0. The Morgan fingerprint density at radius 1 is 1.50 bits per heavy atom. The molecule has 0 aromatic heterocycles. The van der Waals surface area contributed by atoms with E-state index in [4.69, 9.17) is 4.74 Å². The number of aliphatic hydroxyl groups is 1. The molecule has 1 heterocycles. The molecule has 2 N–H and O–H groups in total. The van der Waals surface area contributed by atoms with Gasteiger partial charge in [0.2, 0.25) is 0 Å². The maximum absolute atomic E-state index is 11.2. The summed E-state index contributed by atoms with van der Waals surface area (Å²) < 4.78 is 4.80. The lowest BCUT2D eigenvalue weighted by Crippen LogP contribution is -2.39. The maximum Gasteiger partial charge on any atom is 0.308 e. The van der Waals surface area contributed by atoms with E-state index in [1.165, 1.54) is 25.8 Å². The van der Waals surface area contributed by atoms with Crippen molar-refractivity contribution in [1.82, 2.24) is 10.2 Å². The number of aliphatic hydroxyl groups excluding tert-OH is 1. The van der Waals surface area contributed by atoms with Crippen molar-refractivity contribution in [2.24, 2.45) is 0 Å². The number of rotatable bonds is 9. The van der Waals surface area contributed by atoms with Crippen LogP contribution in [-0.4, -0.2) is 60.9 Å². The Hall–Kier alpha value is -0.650. The first kappa shape index (κ1) is 17.4. The predicted octanol–water partition coefficient (Wildman–Crippen LogP) is 1.15. The molecule has 1 saturated heterocycles. The second-order valence-corrected chi connectivity index (χ2v) is 5.60. The monoisotopic (exact) mass is 286 g/mol. The number of nitrogens with zero attached hydrogens (tertiary/aromatic N) is 1. The molecule has 0 spiro atoms. The zero-order valence-corrected chi connectivity index (χ0v) is 12.9. The van der Waals surface area contributed by atoms with Crippen molar-refractivity contribution in [2.75, 3.05) is 32.8 Å². The quantitative estimate of drug-likeness (QED) is 0.492. The number of hydrogen-bond acceptors (Lipinski definition) is 5. The summed E-state index contributed by atoms with van der Waals surface area (Å²) in [7, 11) is 0. The highest BCUT2D eigenvalue weighted by molar-refractivity contribution is 5.69. The van der Waals surface area contributed by atoms with Crippen molar-refractivity contribution >= 4 is 5.97 Å². The lowest BCUT2D eigenvalue weighted by atomic mass is 10.0. The summed E-state index contributed by atoms with van der Waals surface area (Å²) in [5.74, 6) is -0.330. The van der Waals surface area contributed by atoms with Crippen LogP contribution in [0, 0.1) is 0 Å². The van der Waals surface area contributed by atoms with Crippen molar-refractivity contribution in [3.8, 4) is 0 Å². The minimum Gasteiger partial charge on any atom is -0.466 e. The Morgan fingerprint density at radius 3 is 3.00 bits per heavy atom. The van der Waals surface area contributed by atoms with Gasteiger partial charge in [-0.3, -0.25) is 4.79 Å². The van der Waals surface area contributed by atoms with E-state index in [0.717, 1.165) is 19.5 Å². The van der Waals surface area contributed by atoms with Crippen LogP contribution in [0.3, 0.4) is 0 Å². The van der Waals surface area contributed by atoms with Crippen molar-refractivity contribution in [3.05, 3.63) is 0 Å². The molecular formula is C15H30N2O3. The summed E-state index contributed by atoms with van der Waals surface area (Å²) in [6.07, 6.45) is 4.49. The number of ether oxygens (including phenoxy) is 1. The van der Waals surface area contributed by atoms with Gasteiger partial charge in [-0.2, -0.15) is 0 Å². The molecule has 0 bridgehead atoms. The van der Waals surface area contributed by atoms with Crippen LogP contribution in [-0.2, 0) is 9.53 Å². The van der Waals surface area contributed by atoms with Gasteiger partial charge in [0, 0.05) is 12.6 Å². The van der Waals surface area contributed by atoms with Crippen LogP contribution in [0.1, 0.15) is 46.0 Å². The fourth-order valence-corrected chi connectivity index (χ4v) is 2.65. The standard InChI is InChI=1S/C15H30N2O3/c1-3-20-15(19)11-14(18)12-16-8-6-10-17-9-5-4-7-13(17)2/h13-14,16,18H,3-12H2,1-2H3. The average Bonchev–Trinajstić information content (AvgIpc) is 2.40. The smallest absolute Gasteiger partial charge is 0.308 e. The van der Waals surface area contributed by atoms with Crippen LogP contribution in [0.5, 0.6) is 0 Å².